The zero-order valence-corrected chi connectivity index (χ0v) is 11.6. The Kier molecular flexibility index (Phi) is 2.93. The van der Waals surface area contributed by atoms with Crippen molar-refractivity contribution in [2.24, 2.45) is 5.41 Å². The van der Waals surface area contributed by atoms with Crippen LogP contribution in [0, 0.1) is 5.41 Å². The maximum Gasteiger partial charge on any atom is 0.140 e. The maximum atomic E-state index is 12.3. The molecule has 0 N–H and O–H groups in total. The van der Waals surface area contributed by atoms with Gasteiger partial charge >= 0.3 is 0 Å². The van der Waals surface area contributed by atoms with E-state index in [-0.39, 0.29) is 11.3 Å². The molecule has 0 heterocycles. The van der Waals surface area contributed by atoms with Gasteiger partial charge in [-0.05, 0) is 34.6 Å². The molecule has 1 nitrogen and oxygen atoms in total. The second kappa shape index (κ2) is 4.48. The fourth-order valence-corrected chi connectivity index (χ4v) is 3.24. The van der Waals surface area contributed by atoms with Crippen molar-refractivity contribution in [3.05, 3.63) is 48.0 Å². The first-order valence-corrected chi connectivity index (χ1v) is 7.07. The number of fused-ring (bicyclic) bond motifs is 1. The van der Waals surface area contributed by atoms with E-state index in [1.165, 1.54) is 16.3 Å². The molecule has 1 saturated carbocycles. The van der Waals surface area contributed by atoms with Crippen LogP contribution in [-0.2, 0) is 4.79 Å². The normalized spacial score (nSPS) is 22.6. The van der Waals surface area contributed by atoms with Gasteiger partial charge in [0.05, 0.1) is 0 Å². The van der Waals surface area contributed by atoms with Crippen molar-refractivity contribution in [1.82, 2.24) is 0 Å². The second-order valence-corrected chi connectivity index (χ2v) is 6.46. The van der Waals surface area contributed by atoms with Crippen molar-refractivity contribution in [1.29, 1.82) is 0 Å². The number of hydrogen-bond acceptors (Lipinski definition) is 1. The van der Waals surface area contributed by atoms with Gasteiger partial charge in [-0.1, -0.05) is 56.3 Å². The Labute approximate surface area is 114 Å². The number of benzene rings is 2. The molecular weight excluding hydrogens is 232 g/mol. The number of Topliss-reactive ketones (excluding diaryl/α,β-unsaturated/α-hetero) is 1. The van der Waals surface area contributed by atoms with Crippen molar-refractivity contribution in [3.8, 4) is 0 Å². The molecule has 0 bridgehead atoms. The van der Waals surface area contributed by atoms with Crippen LogP contribution in [0.1, 0.15) is 44.6 Å². The molecule has 1 atom stereocenters. The first kappa shape index (κ1) is 12.4. The van der Waals surface area contributed by atoms with Crippen LogP contribution in [0.25, 0.3) is 10.8 Å². The SMILES string of the molecule is CC1(C)CCC(=O)C(c2cccc3ccccc23)C1. The molecule has 1 fully saturated rings. The van der Waals surface area contributed by atoms with Gasteiger partial charge in [0.15, 0.2) is 0 Å². The summed E-state index contributed by atoms with van der Waals surface area (Å²) >= 11 is 0. The van der Waals surface area contributed by atoms with Gasteiger partial charge in [-0.15, -0.1) is 0 Å². The summed E-state index contributed by atoms with van der Waals surface area (Å²) in [6.07, 6.45) is 2.72. The van der Waals surface area contributed by atoms with E-state index in [2.05, 4.69) is 56.3 Å². The number of rotatable bonds is 1. The Hall–Kier alpha value is -1.63. The molecule has 98 valence electrons. The molecule has 0 aliphatic heterocycles. The van der Waals surface area contributed by atoms with Gasteiger partial charge in [0.1, 0.15) is 5.78 Å². The van der Waals surface area contributed by atoms with Gasteiger partial charge in [0.25, 0.3) is 0 Å². The minimum atomic E-state index is 0.0786. The predicted octanol–water partition coefficient (Wildman–Crippen LogP) is 4.70. The van der Waals surface area contributed by atoms with Crippen molar-refractivity contribution in [2.75, 3.05) is 0 Å². The van der Waals surface area contributed by atoms with E-state index in [0.29, 0.717) is 5.78 Å². The molecule has 0 aromatic heterocycles. The highest BCUT2D eigenvalue weighted by Crippen LogP contribution is 2.43. The molecule has 2 aromatic rings. The van der Waals surface area contributed by atoms with Crippen LogP contribution in [-0.4, -0.2) is 5.78 Å². The lowest BCUT2D eigenvalue weighted by atomic mass is 9.69. The van der Waals surface area contributed by atoms with Gasteiger partial charge in [0, 0.05) is 12.3 Å². The van der Waals surface area contributed by atoms with E-state index in [4.69, 9.17) is 0 Å². The molecule has 0 amide bonds. The Morgan fingerprint density at radius 1 is 1.05 bits per heavy atom. The third-order valence-corrected chi connectivity index (χ3v) is 4.39. The summed E-state index contributed by atoms with van der Waals surface area (Å²) in [5.74, 6) is 0.491. The molecule has 1 aliphatic rings. The van der Waals surface area contributed by atoms with Crippen LogP contribution < -0.4 is 0 Å². The monoisotopic (exact) mass is 252 g/mol. The maximum absolute atomic E-state index is 12.3. The predicted molar refractivity (Wildman–Crippen MR) is 79.3 cm³/mol. The molecule has 1 aliphatic carbocycles. The molecule has 0 spiro atoms. The molecule has 19 heavy (non-hydrogen) atoms. The van der Waals surface area contributed by atoms with Gasteiger partial charge in [-0.3, -0.25) is 4.79 Å². The minimum absolute atomic E-state index is 0.0786. The van der Waals surface area contributed by atoms with E-state index in [1.54, 1.807) is 0 Å². The van der Waals surface area contributed by atoms with Gasteiger partial charge in [-0.25, -0.2) is 0 Å². The van der Waals surface area contributed by atoms with Crippen LogP contribution in [0.4, 0.5) is 0 Å². The first-order valence-electron chi connectivity index (χ1n) is 7.07. The fraction of sp³-hybridized carbons (Fsp3) is 0.389. The average Bonchev–Trinajstić information content (AvgIpc) is 2.41. The van der Waals surface area contributed by atoms with Gasteiger partial charge in [-0.2, -0.15) is 0 Å². The molecule has 1 heteroatoms. The van der Waals surface area contributed by atoms with E-state index in [1.807, 2.05) is 0 Å². The first-order chi connectivity index (χ1) is 9.07. The van der Waals surface area contributed by atoms with Crippen LogP contribution in [0.2, 0.25) is 0 Å². The summed E-state index contributed by atoms with van der Waals surface area (Å²) in [5, 5.41) is 2.47. The smallest absolute Gasteiger partial charge is 0.140 e. The minimum Gasteiger partial charge on any atom is -0.299 e. The van der Waals surface area contributed by atoms with E-state index in [0.717, 1.165) is 19.3 Å². The number of hydrogen-bond donors (Lipinski definition) is 0. The summed E-state index contributed by atoms with van der Waals surface area (Å²) in [6, 6.07) is 14.7. The molecule has 0 radical (unpaired) electrons. The van der Waals surface area contributed by atoms with Gasteiger partial charge in [0.2, 0.25) is 0 Å². The Balaban J connectivity index is 2.10. The molecule has 1 unspecified atom stereocenters. The standard InChI is InChI=1S/C18H20O/c1-18(2)11-10-17(19)16(12-18)15-9-5-7-13-6-3-4-8-14(13)15/h3-9,16H,10-12H2,1-2H3. The highest BCUT2D eigenvalue weighted by molar-refractivity contribution is 5.94. The van der Waals surface area contributed by atoms with E-state index < -0.39 is 0 Å². The number of carbonyl (C=O) groups is 1. The largest absolute Gasteiger partial charge is 0.299 e. The highest BCUT2D eigenvalue weighted by Gasteiger charge is 2.34. The lowest BCUT2D eigenvalue weighted by molar-refractivity contribution is -0.123. The van der Waals surface area contributed by atoms with Crippen molar-refractivity contribution >= 4 is 16.6 Å². The zero-order chi connectivity index (χ0) is 13.5. The average molecular weight is 252 g/mol. The lowest BCUT2D eigenvalue weighted by Crippen LogP contribution is -2.28. The Morgan fingerprint density at radius 2 is 1.79 bits per heavy atom. The second-order valence-electron chi connectivity index (χ2n) is 6.46. The Bertz CT molecular complexity index is 619. The van der Waals surface area contributed by atoms with Crippen LogP contribution >= 0.6 is 0 Å². The molecule has 2 aromatic carbocycles. The summed E-state index contributed by atoms with van der Waals surface area (Å²) in [6.45, 7) is 4.55. The summed E-state index contributed by atoms with van der Waals surface area (Å²) in [4.78, 5) is 12.3. The van der Waals surface area contributed by atoms with E-state index >= 15 is 0 Å². The van der Waals surface area contributed by atoms with Crippen molar-refractivity contribution < 1.29 is 4.79 Å². The summed E-state index contributed by atoms with van der Waals surface area (Å²) in [7, 11) is 0. The van der Waals surface area contributed by atoms with Crippen LogP contribution in [0.5, 0.6) is 0 Å². The molecular formula is C18H20O. The number of ketones is 1. The Morgan fingerprint density at radius 3 is 2.63 bits per heavy atom. The lowest BCUT2D eigenvalue weighted by Gasteiger charge is -2.34. The third kappa shape index (κ3) is 2.30. The van der Waals surface area contributed by atoms with Crippen molar-refractivity contribution in [2.45, 2.75) is 39.0 Å². The third-order valence-electron chi connectivity index (χ3n) is 4.39. The molecule has 0 saturated heterocycles. The van der Waals surface area contributed by atoms with E-state index in [9.17, 15) is 4.79 Å². The van der Waals surface area contributed by atoms with Crippen molar-refractivity contribution in [3.63, 3.8) is 0 Å². The topological polar surface area (TPSA) is 17.1 Å². The van der Waals surface area contributed by atoms with Crippen LogP contribution in [0.15, 0.2) is 42.5 Å². The highest BCUT2D eigenvalue weighted by atomic mass is 16.1. The van der Waals surface area contributed by atoms with Crippen LogP contribution in [0.3, 0.4) is 0 Å². The zero-order valence-electron chi connectivity index (χ0n) is 11.6. The van der Waals surface area contributed by atoms with Gasteiger partial charge < -0.3 is 0 Å². The summed E-state index contributed by atoms with van der Waals surface area (Å²) < 4.78 is 0. The number of carbonyl (C=O) groups excluding carboxylic acids is 1. The fourth-order valence-electron chi connectivity index (χ4n) is 3.24. The summed E-state index contributed by atoms with van der Waals surface area (Å²) in [5.41, 5.74) is 1.49. The molecule has 3 rings (SSSR count). The quantitative estimate of drug-likeness (QED) is 0.718.